The van der Waals surface area contributed by atoms with Crippen molar-refractivity contribution in [3.63, 3.8) is 0 Å². The lowest BCUT2D eigenvalue weighted by Gasteiger charge is -2.32. The number of likely N-dealkylation sites (tertiary alicyclic amines) is 1. The first-order valence-corrected chi connectivity index (χ1v) is 13.5. The first-order chi connectivity index (χ1) is 18.0. The van der Waals surface area contributed by atoms with E-state index in [4.69, 9.17) is 9.73 Å². The molecule has 7 nitrogen and oxygen atoms in total. The minimum absolute atomic E-state index is 0.468. The summed E-state index contributed by atoms with van der Waals surface area (Å²) in [5.74, 6) is 1.81. The number of nitrogens with zero attached hydrogens (tertiary/aromatic N) is 2. The number of piperidine rings is 1. The lowest BCUT2D eigenvalue weighted by Crippen LogP contribution is -2.38. The average Bonchev–Trinajstić information content (AvgIpc) is 3.64. The average molecular weight is 503 g/mol. The molecule has 1 aromatic heterocycles. The van der Waals surface area contributed by atoms with E-state index >= 15 is 0 Å². The first-order valence-electron chi connectivity index (χ1n) is 13.5. The molecule has 2 fully saturated rings. The Morgan fingerprint density at radius 1 is 1.08 bits per heavy atom. The fraction of sp³-hybridized carbons (Fsp3) is 0.467. The summed E-state index contributed by atoms with van der Waals surface area (Å²) in [5.41, 5.74) is 8.05. The molecule has 1 aliphatic carbocycles. The van der Waals surface area contributed by atoms with Crippen LogP contribution in [0.5, 0.6) is 0 Å². The molecule has 196 valence electrons. The standard InChI is InChI=1S/C30H38N4O3/c1-20-29(21(2)37-33-20)25-11-9-24(10-12-25)27-18-28(27)31-19-23-13-16-34(17-14-23)15-3-4-22-5-7-26(8-6-22)30(35)32-36/h5-12,23,27-28,31,36H,3-4,13-19H2,1-2H3,(H,32,35). The number of rotatable bonds is 10. The van der Waals surface area contributed by atoms with Gasteiger partial charge in [0.05, 0.1) is 5.69 Å². The van der Waals surface area contributed by atoms with Gasteiger partial charge < -0.3 is 14.7 Å². The van der Waals surface area contributed by atoms with Gasteiger partial charge in [-0.2, -0.15) is 0 Å². The molecule has 7 heteroatoms. The molecule has 3 aromatic rings. The van der Waals surface area contributed by atoms with Crippen molar-refractivity contribution in [3.8, 4) is 11.1 Å². The van der Waals surface area contributed by atoms with Crippen LogP contribution >= 0.6 is 0 Å². The Kier molecular flexibility index (Phi) is 8.03. The summed E-state index contributed by atoms with van der Waals surface area (Å²) >= 11 is 0. The van der Waals surface area contributed by atoms with Crippen molar-refractivity contribution in [1.82, 2.24) is 20.9 Å². The monoisotopic (exact) mass is 502 g/mol. The number of hydroxylamine groups is 1. The molecule has 2 aromatic carbocycles. The normalized spacial score (nSPS) is 20.2. The fourth-order valence-corrected chi connectivity index (χ4v) is 5.71. The molecular weight excluding hydrogens is 464 g/mol. The Labute approximate surface area is 219 Å². The molecule has 0 radical (unpaired) electrons. The number of hydrogen-bond donors (Lipinski definition) is 3. The summed E-state index contributed by atoms with van der Waals surface area (Å²) in [4.78, 5) is 14.0. The molecule has 3 N–H and O–H groups in total. The van der Waals surface area contributed by atoms with E-state index in [2.05, 4.69) is 39.6 Å². The maximum absolute atomic E-state index is 11.4. The van der Waals surface area contributed by atoms with Gasteiger partial charge in [-0.05, 0) is 107 Å². The lowest BCUT2D eigenvalue weighted by molar-refractivity contribution is 0.0706. The van der Waals surface area contributed by atoms with Gasteiger partial charge in [-0.3, -0.25) is 10.0 Å². The molecule has 1 saturated heterocycles. The smallest absolute Gasteiger partial charge is 0.274 e. The minimum atomic E-state index is -0.468. The highest BCUT2D eigenvalue weighted by atomic mass is 16.5. The van der Waals surface area contributed by atoms with E-state index < -0.39 is 5.91 Å². The van der Waals surface area contributed by atoms with Crippen LogP contribution in [0.15, 0.2) is 53.1 Å². The third-order valence-electron chi connectivity index (χ3n) is 8.08. The highest BCUT2D eigenvalue weighted by Crippen LogP contribution is 2.41. The molecule has 0 bridgehead atoms. The van der Waals surface area contributed by atoms with Gasteiger partial charge in [-0.25, -0.2) is 5.48 Å². The van der Waals surface area contributed by atoms with Crippen LogP contribution in [0.2, 0.25) is 0 Å². The van der Waals surface area contributed by atoms with E-state index in [0.717, 1.165) is 48.9 Å². The number of benzene rings is 2. The minimum Gasteiger partial charge on any atom is -0.361 e. The molecular formula is C30H38N4O3. The molecule has 2 aliphatic rings. The number of aryl methyl sites for hydroxylation is 3. The van der Waals surface area contributed by atoms with Crippen molar-refractivity contribution in [2.45, 2.75) is 57.9 Å². The van der Waals surface area contributed by atoms with Crippen LogP contribution in [0.3, 0.4) is 0 Å². The number of nitrogens with one attached hydrogen (secondary N) is 2. The van der Waals surface area contributed by atoms with E-state index in [1.54, 1.807) is 17.6 Å². The predicted molar refractivity (Wildman–Crippen MR) is 144 cm³/mol. The Hall–Kier alpha value is -3.00. The van der Waals surface area contributed by atoms with E-state index in [-0.39, 0.29) is 0 Å². The molecule has 1 saturated carbocycles. The van der Waals surface area contributed by atoms with Crippen molar-refractivity contribution >= 4 is 5.91 Å². The number of amides is 1. The van der Waals surface area contributed by atoms with E-state index in [1.807, 2.05) is 26.0 Å². The summed E-state index contributed by atoms with van der Waals surface area (Å²) in [6.07, 6.45) is 5.89. The second-order valence-electron chi connectivity index (χ2n) is 10.7. The molecule has 2 heterocycles. The van der Waals surface area contributed by atoms with Crippen molar-refractivity contribution in [2.75, 3.05) is 26.2 Å². The van der Waals surface area contributed by atoms with Gasteiger partial charge in [0.15, 0.2) is 0 Å². The van der Waals surface area contributed by atoms with Crippen molar-refractivity contribution in [3.05, 3.63) is 76.7 Å². The molecule has 0 spiro atoms. The zero-order valence-corrected chi connectivity index (χ0v) is 21.9. The van der Waals surface area contributed by atoms with Crippen molar-refractivity contribution in [2.24, 2.45) is 5.92 Å². The first kappa shape index (κ1) is 25.6. The second-order valence-corrected chi connectivity index (χ2v) is 10.7. The maximum atomic E-state index is 11.4. The Morgan fingerprint density at radius 3 is 2.46 bits per heavy atom. The lowest BCUT2D eigenvalue weighted by atomic mass is 9.96. The number of hydrogen-bond acceptors (Lipinski definition) is 6. The summed E-state index contributed by atoms with van der Waals surface area (Å²) in [6, 6.07) is 17.0. The highest BCUT2D eigenvalue weighted by molar-refractivity contribution is 5.93. The van der Waals surface area contributed by atoms with E-state index in [1.165, 1.54) is 49.0 Å². The van der Waals surface area contributed by atoms with Crippen LogP contribution in [0.1, 0.15) is 64.5 Å². The molecule has 2 unspecified atom stereocenters. The van der Waals surface area contributed by atoms with E-state index in [0.29, 0.717) is 17.5 Å². The molecule has 37 heavy (non-hydrogen) atoms. The van der Waals surface area contributed by atoms with Gasteiger partial charge in [0.2, 0.25) is 0 Å². The highest BCUT2D eigenvalue weighted by Gasteiger charge is 2.38. The Balaban J connectivity index is 0.984. The van der Waals surface area contributed by atoms with Gasteiger partial charge >= 0.3 is 0 Å². The maximum Gasteiger partial charge on any atom is 0.274 e. The van der Waals surface area contributed by atoms with Crippen molar-refractivity contribution < 1.29 is 14.5 Å². The van der Waals surface area contributed by atoms with Crippen LogP contribution in [0, 0.1) is 19.8 Å². The molecule has 5 rings (SSSR count). The number of carbonyl (C=O) groups excluding carboxylic acids is 1. The topological polar surface area (TPSA) is 90.6 Å². The number of carbonyl (C=O) groups is 1. The van der Waals surface area contributed by atoms with Crippen LogP contribution in [-0.2, 0) is 6.42 Å². The Bertz CT molecular complexity index is 1160. The quantitative estimate of drug-likeness (QED) is 0.271. The van der Waals surface area contributed by atoms with Gasteiger partial charge in [-0.15, -0.1) is 0 Å². The predicted octanol–water partition coefficient (Wildman–Crippen LogP) is 4.87. The Morgan fingerprint density at radius 2 is 1.81 bits per heavy atom. The summed E-state index contributed by atoms with van der Waals surface area (Å²) in [6.45, 7) is 8.57. The van der Waals surface area contributed by atoms with Gasteiger partial charge in [0, 0.05) is 23.1 Å². The molecule has 1 amide bonds. The SMILES string of the molecule is Cc1noc(C)c1-c1ccc(C2CC2NCC2CCN(CCCc3ccc(C(=O)NO)cc3)CC2)cc1. The zero-order chi connectivity index (χ0) is 25.8. The summed E-state index contributed by atoms with van der Waals surface area (Å²) in [5, 5.41) is 16.6. The third-order valence-corrected chi connectivity index (χ3v) is 8.08. The summed E-state index contributed by atoms with van der Waals surface area (Å²) in [7, 11) is 0. The summed E-state index contributed by atoms with van der Waals surface area (Å²) < 4.78 is 5.32. The fourth-order valence-electron chi connectivity index (χ4n) is 5.71. The van der Waals surface area contributed by atoms with Crippen molar-refractivity contribution in [1.29, 1.82) is 0 Å². The van der Waals surface area contributed by atoms with Gasteiger partial charge in [0.1, 0.15) is 5.76 Å². The third kappa shape index (κ3) is 6.29. The van der Waals surface area contributed by atoms with Gasteiger partial charge in [0.25, 0.3) is 5.91 Å². The van der Waals surface area contributed by atoms with Crippen LogP contribution in [-0.4, -0.2) is 53.4 Å². The van der Waals surface area contributed by atoms with Crippen LogP contribution < -0.4 is 10.8 Å². The van der Waals surface area contributed by atoms with E-state index in [9.17, 15) is 4.79 Å². The zero-order valence-electron chi connectivity index (χ0n) is 21.9. The largest absolute Gasteiger partial charge is 0.361 e. The number of aromatic nitrogens is 1. The second kappa shape index (κ2) is 11.6. The molecule has 2 atom stereocenters. The van der Waals surface area contributed by atoms with Crippen LogP contribution in [0.4, 0.5) is 0 Å². The van der Waals surface area contributed by atoms with Gasteiger partial charge in [-0.1, -0.05) is 41.6 Å². The molecule has 1 aliphatic heterocycles. The van der Waals surface area contributed by atoms with Crippen LogP contribution in [0.25, 0.3) is 11.1 Å².